The van der Waals surface area contributed by atoms with Gasteiger partial charge in [0.15, 0.2) is 0 Å². The second kappa shape index (κ2) is 6.17. The minimum absolute atomic E-state index is 0.0690. The molecule has 3 N–H and O–H groups in total. The summed E-state index contributed by atoms with van der Waals surface area (Å²) >= 11 is 0. The van der Waals surface area contributed by atoms with Crippen LogP contribution in [-0.4, -0.2) is 42.8 Å². The molecular formula is C9H10F2N2O6S. The van der Waals surface area contributed by atoms with Crippen LogP contribution in [0.5, 0.6) is 0 Å². The third kappa shape index (κ3) is 3.45. The molecule has 112 valence electrons. The Hall–Kier alpha value is -1.69. The molecule has 0 fully saturated rings. The number of hydrogen-bond donors (Lipinski definition) is 3. The van der Waals surface area contributed by atoms with Crippen molar-refractivity contribution in [3.8, 4) is 0 Å². The lowest BCUT2D eigenvalue weighted by atomic mass is 10.3. The Labute approximate surface area is 111 Å². The van der Waals surface area contributed by atoms with Gasteiger partial charge in [0.1, 0.15) is 10.7 Å². The summed E-state index contributed by atoms with van der Waals surface area (Å²) < 4.78 is 51.7. The zero-order valence-electron chi connectivity index (χ0n) is 9.79. The van der Waals surface area contributed by atoms with Crippen LogP contribution in [0, 0.1) is 21.7 Å². The van der Waals surface area contributed by atoms with Crippen molar-refractivity contribution < 1.29 is 32.3 Å². The van der Waals surface area contributed by atoms with Gasteiger partial charge in [-0.15, -0.1) is 0 Å². The van der Waals surface area contributed by atoms with Crippen LogP contribution in [0.2, 0.25) is 0 Å². The highest BCUT2D eigenvalue weighted by atomic mass is 32.2. The Morgan fingerprint density at radius 2 is 1.80 bits per heavy atom. The van der Waals surface area contributed by atoms with Crippen molar-refractivity contribution in [2.75, 3.05) is 13.2 Å². The van der Waals surface area contributed by atoms with Crippen molar-refractivity contribution >= 4 is 15.7 Å². The highest BCUT2D eigenvalue weighted by Crippen LogP contribution is 2.24. The highest BCUT2D eigenvalue weighted by molar-refractivity contribution is 7.89. The molecule has 0 aliphatic rings. The van der Waals surface area contributed by atoms with Gasteiger partial charge >= 0.3 is 5.69 Å². The fraction of sp³-hybridized carbons (Fsp3) is 0.333. The zero-order valence-corrected chi connectivity index (χ0v) is 10.6. The number of nitro benzene ring substituents is 1. The molecule has 0 heterocycles. The Kier molecular flexibility index (Phi) is 5.05. The van der Waals surface area contributed by atoms with Gasteiger partial charge in [-0.05, 0) is 0 Å². The van der Waals surface area contributed by atoms with E-state index in [9.17, 15) is 27.3 Å². The maximum atomic E-state index is 13.4. The third-order valence-corrected chi connectivity index (χ3v) is 3.79. The van der Waals surface area contributed by atoms with Gasteiger partial charge in [0.2, 0.25) is 15.8 Å². The molecule has 0 saturated carbocycles. The molecule has 0 atom stereocenters. The molecule has 0 aliphatic carbocycles. The van der Waals surface area contributed by atoms with Crippen LogP contribution < -0.4 is 4.72 Å². The predicted octanol–water partition coefficient (Wildman–Crippen LogP) is -0.496. The largest absolute Gasteiger partial charge is 0.395 e. The van der Waals surface area contributed by atoms with E-state index in [1.165, 1.54) is 0 Å². The molecule has 0 bridgehead atoms. The van der Waals surface area contributed by atoms with Crippen molar-refractivity contribution in [1.82, 2.24) is 4.72 Å². The van der Waals surface area contributed by atoms with Crippen LogP contribution in [0.1, 0.15) is 0 Å². The van der Waals surface area contributed by atoms with Crippen LogP contribution in [0.4, 0.5) is 14.5 Å². The number of hydrogen-bond acceptors (Lipinski definition) is 6. The highest BCUT2D eigenvalue weighted by Gasteiger charge is 2.28. The number of benzene rings is 1. The average molecular weight is 312 g/mol. The molecule has 0 unspecified atom stereocenters. The van der Waals surface area contributed by atoms with E-state index in [0.717, 1.165) is 0 Å². The SMILES string of the molecule is O=[N+]([O-])c1cc(S(=O)(=O)NC(CO)CO)c(F)cc1F. The minimum Gasteiger partial charge on any atom is -0.395 e. The smallest absolute Gasteiger partial charge is 0.306 e. The van der Waals surface area contributed by atoms with Gasteiger partial charge in [0, 0.05) is 12.1 Å². The zero-order chi connectivity index (χ0) is 15.5. The van der Waals surface area contributed by atoms with E-state index in [2.05, 4.69) is 0 Å². The van der Waals surface area contributed by atoms with Crippen LogP contribution in [0.3, 0.4) is 0 Å². The van der Waals surface area contributed by atoms with Crippen molar-refractivity contribution in [2.45, 2.75) is 10.9 Å². The molecule has 0 saturated heterocycles. The van der Waals surface area contributed by atoms with E-state index in [0.29, 0.717) is 0 Å². The number of sulfonamides is 1. The summed E-state index contributed by atoms with van der Waals surface area (Å²) in [7, 11) is -4.60. The summed E-state index contributed by atoms with van der Waals surface area (Å²) in [5.41, 5.74) is -1.21. The fourth-order valence-electron chi connectivity index (χ4n) is 1.28. The van der Waals surface area contributed by atoms with Gasteiger partial charge in [-0.25, -0.2) is 17.5 Å². The topological polar surface area (TPSA) is 130 Å². The van der Waals surface area contributed by atoms with E-state index >= 15 is 0 Å². The molecule has 1 aromatic carbocycles. The van der Waals surface area contributed by atoms with Gasteiger partial charge < -0.3 is 10.2 Å². The Morgan fingerprint density at radius 1 is 1.25 bits per heavy atom. The first-order valence-corrected chi connectivity index (χ1v) is 6.58. The summed E-state index contributed by atoms with van der Waals surface area (Å²) in [6.45, 7) is -1.55. The van der Waals surface area contributed by atoms with E-state index in [1.54, 1.807) is 4.72 Å². The number of rotatable bonds is 6. The summed E-state index contributed by atoms with van der Waals surface area (Å²) in [5, 5.41) is 28.0. The van der Waals surface area contributed by atoms with Gasteiger partial charge in [-0.2, -0.15) is 4.39 Å². The van der Waals surface area contributed by atoms with E-state index in [-0.39, 0.29) is 12.1 Å². The van der Waals surface area contributed by atoms with Crippen molar-refractivity contribution in [1.29, 1.82) is 0 Å². The predicted molar refractivity (Wildman–Crippen MR) is 61.3 cm³/mol. The molecular weight excluding hydrogens is 302 g/mol. The molecule has 0 aliphatic heterocycles. The first-order chi connectivity index (χ1) is 9.22. The molecule has 0 spiro atoms. The Bertz CT molecular complexity index is 617. The number of nitro groups is 1. The van der Waals surface area contributed by atoms with E-state index < -0.39 is 56.4 Å². The third-order valence-electron chi connectivity index (χ3n) is 2.25. The molecule has 0 aromatic heterocycles. The van der Waals surface area contributed by atoms with Gasteiger partial charge in [0.25, 0.3) is 0 Å². The van der Waals surface area contributed by atoms with Crippen molar-refractivity contribution in [3.05, 3.63) is 33.9 Å². The van der Waals surface area contributed by atoms with Gasteiger partial charge in [-0.1, -0.05) is 0 Å². The number of nitrogens with one attached hydrogen (secondary N) is 1. The van der Waals surface area contributed by atoms with E-state index in [4.69, 9.17) is 10.2 Å². The molecule has 0 amide bonds. The minimum atomic E-state index is -4.60. The fourth-order valence-corrected chi connectivity index (χ4v) is 2.58. The standard InChI is InChI=1S/C9H10F2N2O6S/c10-6-1-7(11)9(2-8(6)13(16)17)20(18,19)12-5(3-14)4-15/h1-2,5,12,14-15H,3-4H2. The molecule has 8 nitrogen and oxygen atoms in total. The maximum Gasteiger partial charge on any atom is 0.306 e. The number of aliphatic hydroxyl groups is 2. The summed E-state index contributed by atoms with van der Waals surface area (Å²) in [4.78, 5) is 8.13. The molecule has 1 aromatic rings. The molecule has 0 radical (unpaired) electrons. The summed E-state index contributed by atoms with van der Waals surface area (Å²) in [5.74, 6) is -3.05. The first-order valence-electron chi connectivity index (χ1n) is 5.10. The first kappa shape index (κ1) is 16.4. The van der Waals surface area contributed by atoms with E-state index in [1.807, 2.05) is 0 Å². The maximum absolute atomic E-state index is 13.4. The summed E-state index contributed by atoms with van der Waals surface area (Å²) in [6.07, 6.45) is 0. The lowest BCUT2D eigenvalue weighted by Crippen LogP contribution is -2.40. The number of aliphatic hydroxyl groups excluding tert-OH is 2. The molecule has 11 heteroatoms. The van der Waals surface area contributed by atoms with Crippen LogP contribution in [-0.2, 0) is 10.0 Å². The van der Waals surface area contributed by atoms with Gasteiger partial charge in [-0.3, -0.25) is 10.1 Å². The van der Waals surface area contributed by atoms with Crippen LogP contribution in [0.15, 0.2) is 17.0 Å². The monoisotopic (exact) mass is 312 g/mol. The number of nitrogens with zero attached hydrogens (tertiary/aromatic N) is 1. The Morgan fingerprint density at radius 3 is 2.25 bits per heavy atom. The normalized spacial score (nSPS) is 11.8. The van der Waals surface area contributed by atoms with Crippen molar-refractivity contribution in [3.63, 3.8) is 0 Å². The molecule has 20 heavy (non-hydrogen) atoms. The van der Waals surface area contributed by atoms with Crippen LogP contribution >= 0.6 is 0 Å². The second-order valence-corrected chi connectivity index (χ2v) is 5.36. The lowest BCUT2D eigenvalue weighted by molar-refractivity contribution is -0.387. The quantitative estimate of drug-likeness (QED) is 0.480. The van der Waals surface area contributed by atoms with Gasteiger partial charge in [0.05, 0.1) is 24.2 Å². The average Bonchev–Trinajstić information content (AvgIpc) is 2.35. The number of halogens is 2. The summed E-state index contributed by atoms with van der Waals surface area (Å²) in [6, 6.07) is -1.03. The Balaban J connectivity index is 3.31. The second-order valence-electron chi connectivity index (χ2n) is 3.67. The lowest BCUT2D eigenvalue weighted by Gasteiger charge is -2.14. The molecule has 1 rings (SSSR count). The van der Waals surface area contributed by atoms with Crippen molar-refractivity contribution in [2.24, 2.45) is 0 Å². The van der Waals surface area contributed by atoms with Crippen LogP contribution in [0.25, 0.3) is 0 Å².